The Bertz CT molecular complexity index is 1020. The van der Waals surface area contributed by atoms with Crippen molar-refractivity contribution in [2.45, 2.75) is 18.6 Å². The van der Waals surface area contributed by atoms with E-state index in [9.17, 15) is 4.79 Å². The summed E-state index contributed by atoms with van der Waals surface area (Å²) < 4.78 is 6.37. The monoisotopic (exact) mass is 475 g/mol. The number of anilines is 1. The summed E-state index contributed by atoms with van der Waals surface area (Å²) in [5, 5.41) is 1.63. The normalized spacial score (nSPS) is 14.3. The van der Waals surface area contributed by atoms with Crippen LogP contribution in [0.5, 0.6) is 5.75 Å². The van der Waals surface area contributed by atoms with Gasteiger partial charge in [0.25, 0.3) is 0 Å². The Morgan fingerprint density at radius 2 is 1.94 bits per heavy atom. The number of hydrogen-bond donors (Lipinski definition) is 0. The fourth-order valence-electron chi connectivity index (χ4n) is 3.64. The van der Waals surface area contributed by atoms with E-state index in [0.29, 0.717) is 11.4 Å². The first kappa shape index (κ1) is 22.2. The number of amides is 1. The second-order valence-electron chi connectivity index (χ2n) is 7.43. The quantitative estimate of drug-likeness (QED) is 0.412. The maximum absolute atomic E-state index is 12.6. The van der Waals surface area contributed by atoms with E-state index in [1.807, 2.05) is 34.9 Å². The van der Waals surface area contributed by atoms with Gasteiger partial charge in [-0.05, 0) is 29.9 Å². The van der Waals surface area contributed by atoms with Crippen LogP contribution in [0.1, 0.15) is 18.4 Å². The minimum absolute atomic E-state index is 0.258. The van der Waals surface area contributed by atoms with Gasteiger partial charge in [-0.3, -0.25) is 4.79 Å². The van der Waals surface area contributed by atoms with Gasteiger partial charge >= 0.3 is 0 Å². The van der Waals surface area contributed by atoms with Crippen molar-refractivity contribution >= 4 is 56.0 Å². The average Bonchev–Trinajstić information content (AvgIpc) is 3.26. The summed E-state index contributed by atoms with van der Waals surface area (Å²) in [6.07, 6.45) is 1.54. The second-order valence-corrected chi connectivity index (χ2v) is 9.92. The number of halogens is 1. The molecule has 0 radical (unpaired) electrons. The highest BCUT2D eigenvalue weighted by atomic mass is 35.5. The standard InChI is InChI=1S/C23H26ClN3O2S2/c1-29-19-10-9-18(24)22-21(19)25-23(31-22)27-13-11-26(12-14-27)20(28)8-5-15-30-16-17-6-3-2-4-7-17/h2-4,6-7,9-10H,5,8,11-16H2,1H3. The van der Waals surface area contributed by atoms with Gasteiger partial charge in [-0.2, -0.15) is 11.8 Å². The molecule has 164 valence electrons. The molecule has 1 amide bonds. The number of carbonyl (C=O) groups is 1. The minimum Gasteiger partial charge on any atom is -0.494 e. The molecule has 1 fully saturated rings. The smallest absolute Gasteiger partial charge is 0.222 e. The molecule has 2 heterocycles. The first-order chi connectivity index (χ1) is 15.2. The van der Waals surface area contributed by atoms with E-state index in [0.717, 1.165) is 65.2 Å². The molecule has 0 spiro atoms. The van der Waals surface area contributed by atoms with E-state index in [1.165, 1.54) is 5.56 Å². The number of benzene rings is 2. The van der Waals surface area contributed by atoms with Crippen LogP contribution in [0, 0.1) is 0 Å². The molecule has 0 saturated carbocycles. The molecule has 8 heteroatoms. The summed E-state index contributed by atoms with van der Waals surface area (Å²) in [4.78, 5) is 21.6. The molecule has 0 N–H and O–H groups in total. The molecule has 0 aliphatic carbocycles. The lowest BCUT2D eigenvalue weighted by Crippen LogP contribution is -2.48. The van der Waals surface area contributed by atoms with Gasteiger partial charge in [0, 0.05) is 38.4 Å². The Hall–Kier alpha value is -1.96. The highest BCUT2D eigenvalue weighted by molar-refractivity contribution is 7.98. The van der Waals surface area contributed by atoms with E-state index in [2.05, 4.69) is 29.2 Å². The fraction of sp³-hybridized carbons (Fsp3) is 0.391. The lowest BCUT2D eigenvalue weighted by Gasteiger charge is -2.34. The van der Waals surface area contributed by atoms with Crippen LogP contribution in [0.4, 0.5) is 5.13 Å². The zero-order valence-electron chi connectivity index (χ0n) is 17.6. The molecular formula is C23H26ClN3O2S2. The molecular weight excluding hydrogens is 450 g/mol. The van der Waals surface area contributed by atoms with Gasteiger partial charge in [-0.1, -0.05) is 53.3 Å². The maximum Gasteiger partial charge on any atom is 0.222 e. The number of aromatic nitrogens is 1. The number of methoxy groups -OCH3 is 1. The third-order valence-electron chi connectivity index (χ3n) is 5.36. The molecule has 3 aromatic rings. The van der Waals surface area contributed by atoms with Gasteiger partial charge in [0.1, 0.15) is 11.3 Å². The molecule has 5 nitrogen and oxygen atoms in total. The number of ether oxygens (including phenoxy) is 1. The van der Waals surface area contributed by atoms with E-state index in [4.69, 9.17) is 21.3 Å². The first-order valence-electron chi connectivity index (χ1n) is 10.4. The molecule has 1 aliphatic heterocycles. The van der Waals surface area contributed by atoms with Gasteiger partial charge in [-0.25, -0.2) is 4.98 Å². The van der Waals surface area contributed by atoms with Crippen molar-refractivity contribution in [1.82, 2.24) is 9.88 Å². The number of rotatable bonds is 8. The summed E-state index contributed by atoms with van der Waals surface area (Å²) in [5.41, 5.74) is 2.14. The Balaban J connectivity index is 1.23. The van der Waals surface area contributed by atoms with Crippen molar-refractivity contribution in [1.29, 1.82) is 0 Å². The van der Waals surface area contributed by atoms with Crippen LogP contribution in [-0.4, -0.2) is 54.8 Å². The Labute approximate surface area is 196 Å². The van der Waals surface area contributed by atoms with E-state index >= 15 is 0 Å². The number of fused-ring (bicyclic) bond motifs is 1. The molecule has 1 aliphatic rings. The van der Waals surface area contributed by atoms with E-state index < -0.39 is 0 Å². The number of thioether (sulfide) groups is 1. The van der Waals surface area contributed by atoms with Crippen molar-refractivity contribution in [3.05, 3.63) is 53.1 Å². The van der Waals surface area contributed by atoms with Gasteiger partial charge in [0.05, 0.1) is 16.8 Å². The SMILES string of the molecule is COc1ccc(Cl)c2sc(N3CCN(C(=O)CCCSCc4ccccc4)CC3)nc12. The topological polar surface area (TPSA) is 45.7 Å². The van der Waals surface area contributed by atoms with E-state index in [-0.39, 0.29) is 5.91 Å². The predicted molar refractivity (Wildman–Crippen MR) is 132 cm³/mol. The van der Waals surface area contributed by atoms with Crippen LogP contribution in [-0.2, 0) is 10.5 Å². The highest BCUT2D eigenvalue weighted by Gasteiger charge is 2.24. The molecule has 0 bridgehead atoms. The van der Waals surface area contributed by atoms with Crippen LogP contribution >= 0.6 is 34.7 Å². The van der Waals surface area contributed by atoms with Crippen LogP contribution in [0.25, 0.3) is 10.2 Å². The van der Waals surface area contributed by atoms with Crippen molar-refractivity contribution in [3.63, 3.8) is 0 Å². The first-order valence-corrected chi connectivity index (χ1v) is 12.8. The third-order valence-corrected chi connectivity index (χ3v) is 8.05. The van der Waals surface area contributed by atoms with E-state index in [1.54, 1.807) is 18.4 Å². The molecule has 0 unspecified atom stereocenters. The largest absolute Gasteiger partial charge is 0.494 e. The maximum atomic E-state index is 12.6. The number of carbonyl (C=O) groups excluding carboxylic acids is 1. The van der Waals surface area contributed by atoms with Gasteiger partial charge in [-0.15, -0.1) is 0 Å². The highest BCUT2D eigenvalue weighted by Crippen LogP contribution is 2.38. The van der Waals surface area contributed by atoms with Crippen molar-refractivity contribution < 1.29 is 9.53 Å². The Kier molecular flexibility index (Phi) is 7.58. The molecule has 2 aromatic carbocycles. The minimum atomic E-state index is 0.258. The van der Waals surface area contributed by atoms with Crippen molar-refractivity contribution in [3.8, 4) is 5.75 Å². The van der Waals surface area contributed by atoms with Crippen molar-refractivity contribution in [2.24, 2.45) is 0 Å². The number of thiazole rings is 1. The van der Waals surface area contributed by atoms with Gasteiger partial charge < -0.3 is 14.5 Å². The predicted octanol–water partition coefficient (Wildman–Crippen LogP) is 5.32. The van der Waals surface area contributed by atoms with Gasteiger partial charge in [0.15, 0.2) is 5.13 Å². The molecule has 0 atom stereocenters. The Morgan fingerprint density at radius 1 is 1.16 bits per heavy atom. The number of piperazine rings is 1. The van der Waals surface area contributed by atoms with Crippen LogP contribution < -0.4 is 9.64 Å². The lowest BCUT2D eigenvalue weighted by molar-refractivity contribution is -0.131. The zero-order chi connectivity index (χ0) is 21.6. The van der Waals surface area contributed by atoms with Crippen LogP contribution in [0.3, 0.4) is 0 Å². The summed E-state index contributed by atoms with van der Waals surface area (Å²) in [5.74, 6) is 3.01. The summed E-state index contributed by atoms with van der Waals surface area (Å²) in [6, 6.07) is 14.2. The second kappa shape index (κ2) is 10.6. The molecule has 4 rings (SSSR count). The molecule has 1 aromatic heterocycles. The third kappa shape index (κ3) is 5.45. The summed E-state index contributed by atoms with van der Waals surface area (Å²) >= 11 is 9.83. The van der Waals surface area contributed by atoms with Gasteiger partial charge in [0.2, 0.25) is 5.91 Å². The summed E-state index contributed by atoms with van der Waals surface area (Å²) in [7, 11) is 1.65. The van der Waals surface area contributed by atoms with Crippen molar-refractivity contribution in [2.75, 3.05) is 43.9 Å². The van der Waals surface area contributed by atoms with Crippen LogP contribution in [0.15, 0.2) is 42.5 Å². The van der Waals surface area contributed by atoms with Crippen LogP contribution in [0.2, 0.25) is 5.02 Å². The summed E-state index contributed by atoms with van der Waals surface area (Å²) in [6.45, 7) is 3.04. The Morgan fingerprint density at radius 3 is 2.68 bits per heavy atom. The zero-order valence-corrected chi connectivity index (χ0v) is 19.9. The molecule has 1 saturated heterocycles. The average molecular weight is 476 g/mol. The molecule has 31 heavy (non-hydrogen) atoms. The number of hydrogen-bond acceptors (Lipinski definition) is 6. The fourth-order valence-corrected chi connectivity index (χ4v) is 5.86. The lowest BCUT2D eigenvalue weighted by atomic mass is 10.2. The number of nitrogens with zero attached hydrogens (tertiary/aromatic N) is 3.